The molecule has 0 amide bonds. The Hall–Kier alpha value is -2.36. The summed E-state index contributed by atoms with van der Waals surface area (Å²) in [5.41, 5.74) is 2.15. The molecule has 1 saturated carbocycles. The second-order valence-electron chi connectivity index (χ2n) is 5.73. The monoisotopic (exact) mass is 313 g/mol. The van der Waals surface area contributed by atoms with Gasteiger partial charge in [0.05, 0.1) is 5.71 Å². The summed E-state index contributed by atoms with van der Waals surface area (Å²) >= 11 is 0. The van der Waals surface area contributed by atoms with Gasteiger partial charge in [0.1, 0.15) is 18.2 Å². The van der Waals surface area contributed by atoms with Gasteiger partial charge in [-0.15, -0.1) is 0 Å². The lowest BCUT2D eigenvalue weighted by Crippen LogP contribution is -2.06. The zero-order chi connectivity index (χ0) is 16.1. The van der Waals surface area contributed by atoms with Gasteiger partial charge in [-0.3, -0.25) is 0 Å². The summed E-state index contributed by atoms with van der Waals surface area (Å²) in [6.45, 7) is 2.86. The molecule has 0 radical (unpaired) electrons. The van der Waals surface area contributed by atoms with E-state index >= 15 is 0 Å². The normalized spacial score (nSPS) is 20.2. The van der Waals surface area contributed by atoms with Gasteiger partial charge in [0.25, 0.3) is 0 Å². The third-order valence-corrected chi connectivity index (χ3v) is 4.02. The van der Waals surface area contributed by atoms with Crippen LogP contribution < -0.4 is 4.74 Å². The van der Waals surface area contributed by atoms with E-state index in [1.54, 1.807) is 0 Å². The van der Waals surface area contributed by atoms with Gasteiger partial charge >= 0.3 is 0 Å². The molecule has 3 nitrogen and oxygen atoms in total. The average Bonchev–Trinajstić information content (AvgIpc) is 3.37. The highest BCUT2D eigenvalue weighted by Gasteiger charge is 2.40. The summed E-state index contributed by atoms with van der Waals surface area (Å²) in [7, 11) is 0. The maximum atomic E-state index is 12.9. The fourth-order valence-electron chi connectivity index (χ4n) is 2.66. The third-order valence-electron chi connectivity index (χ3n) is 4.02. The number of hydrogen-bond acceptors (Lipinski definition) is 3. The summed E-state index contributed by atoms with van der Waals surface area (Å²) in [6.07, 6.45) is 1.05. The summed E-state index contributed by atoms with van der Waals surface area (Å²) in [5, 5.41) is 4.17. The van der Waals surface area contributed by atoms with Gasteiger partial charge in [-0.1, -0.05) is 35.5 Å². The smallest absolute Gasteiger partial charge is 0.151 e. The van der Waals surface area contributed by atoms with Crippen LogP contribution in [0.3, 0.4) is 0 Å². The fourth-order valence-corrected chi connectivity index (χ4v) is 2.66. The van der Waals surface area contributed by atoms with Crippen LogP contribution in [0.15, 0.2) is 59.8 Å². The predicted molar refractivity (Wildman–Crippen MR) is 88.2 cm³/mol. The van der Waals surface area contributed by atoms with Crippen molar-refractivity contribution in [3.8, 4) is 5.75 Å². The molecule has 0 saturated heterocycles. The minimum absolute atomic E-state index is 0.196. The Bertz CT molecular complexity index is 655. The Morgan fingerprint density at radius 2 is 1.83 bits per heavy atom. The minimum Gasteiger partial charge on any atom is -0.490 e. The van der Waals surface area contributed by atoms with Gasteiger partial charge in [0, 0.05) is 5.92 Å². The van der Waals surface area contributed by atoms with Gasteiger partial charge in [-0.2, -0.15) is 0 Å². The first-order valence-electron chi connectivity index (χ1n) is 7.84. The molecule has 0 spiro atoms. The second-order valence-corrected chi connectivity index (χ2v) is 5.73. The highest BCUT2D eigenvalue weighted by Crippen LogP contribution is 2.48. The molecule has 0 aromatic heterocycles. The van der Waals surface area contributed by atoms with Gasteiger partial charge in [-0.25, -0.2) is 4.39 Å². The molecule has 120 valence electrons. The number of halogens is 1. The number of para-hydroxylation sites is 1. The van der Waals surface area contributed by atoms with Crippen molar-refractivity contribution in [2.45, 2.75) is 19.3 Å². The molecule has 0 aliphatic heterocycles. The van der Waals surface area contributed by atoms with Crippen molar-refractivity contribution in [2.75, 3.05) is 13.2 Å². The summed E-state index contributed by atoms with van der Waals surface area (Å²) in [5.74, 6) is 1.47. The van der Waals surface area contributed by atoms with E-state index in [1.807, 2.05) is 49.4 Å². The highest BCUT2D eigenvalue weighted by atomic mass is 19.1. The van der Waals surface area contributed by atoms with E-state index in [4.69, 9.17) is 9.57 Å². The van der Waals surface area contributed by atoms with Crippen LogP contribution in [0, 0.1) is 11.7 Å². The largest absolute Gasteiger partial charge is 0.490 e. The van der Waals surface area contributed by atoms with Crippen LogP contribution in [0.25, 0.3) is 0 Å². The van der Waals surface area contributed by atoms with E-state index in [1.165, 1.54) is 17.7 Å². The van der Waals surface area contributed by atoms with Crippen molar-refractivity contribution in [1.29, 1.82) is 0 Å². The van der Waals surface area contributed by atoms with Crippen LogP contribution >= 0.6 is 0 Å². The Morgan fingerprint density at radius 1 is 1.09 bits per heavy atom. The minimum atomic E-state index is -0.196. The van der Waals surface area contributed by atoms with E-state index in [0.29, 0.717) is 25.0 Å². The quantitative estimate of drug-likeness (QED) is 0.431. The maximum Gasteiger partial charge on any atom is 0.151 e. The van der Waals surface area contributed by atoms with E-state index in [-0.39, 0.29) is 5.82 Å². The molecular weight excluding hydrogens is 293 g/mol. The van der Waals surface area contributed by atoms with Crippen molar-refractivity contribution in [2.24, 2.45) is 11.1 Å². The van der Waals surface area contributed by atoms with Crippen LogP contribution in [-0.2, 0) is 4.84 Å². The Balaban J connectivity index is 1.40. The van der Waals surface area contributed by atoms with E-state index in [2.05, 4.69) is 5.16 Å². The number of ether oxygens (including phenoxy) is 1. The number of benzene rings is 2. The van der Waals surface area contributed by atoms with Gasteiger partial charge in [0.15, 0.2) is 6.61 Å². The molecule has 3 rings (SSSR count). The molecule has 4 heteroatoms. The molecular formula is C19H20FNO2. The molecule has 2 atom stereocenters. The SMILES string of the molecule is C/C(=N/OCCOc1ccccc1)[C@@H]1C[C@H]1c1ccc(F)cc1. The van der Waals surface area contributed by atoms with Crippen LogP contribution in [0.5, 0.6) is 5.75 Å². The maximum absolute atomic E-state index is 12.9. The molecule has 23 heavy (non-hydrogen) atoms. The first kappa shape index (κ1) is 15.5. The summed E-state index contributed by atoms with van der Waals surface area (Å²) < 4.78 is 18.5. The lowest BCUT2D eigenvalue weighted by Gasteiger charge is -2.05. The van der Waals surface area contributed by atoms with Gasteiger partial charge in [-0.05, 0) is 49.1 Å². The summed E-state index contributed by atoms with van der Waals surface area (Å²) in [4.78, 5) is 5.32. The highest BCUT2D eigenvalue weighted by molar-refractivity contribution is 5.87. The molecule has 1 fully saturated rings. The lowest BCUT2D eigenvalue weighted by atomic mass is 10.1. The number of nitrogens with zero attached hydrogens (tertiary/aromatic N) is 1. The zero-order valence-corrected chi connectivity index (χ0v) is 13.1. The number of oxime groups is 1. The van der Waals surface area contributed by atoms with Gasteiger partial charge in [0.2, 0.25) is 0 Å². The van der Waals surface area contributed by atoms with Gasteiger partial charge < -0.3 is 9.57 Å². The zero-order valence-electron chi connectivity index (χ0n) is 13.1. The topological polar surface area (TPSA) is 30.8 Å². The van der Waals surface area contributed by atoms with E-state index in [9.17, 15) is 4.39 Å². The van der Waals surface area contributed by atoms with Crippen molar-refractivity contribution < 1.29 is 14.0 Å². The van der Waals surface area contributed by atoms with E-state index < -0.39 is 0 Å². The first-order valence-corrected chi connectivity index (χ1v) is 7.84. The molecule has 1 aliphatic rings. The molecule has 0 N–H and O–H groups in total. The second kappa shape index (κ2) is 7.27. The van der Waals surface area contributed by atoms with Crippen LogP contribution in [0.4, 0.5) is 4.39 Å². The Morgan fingerprint density at radius 3 is 2.57 bits per heavy atom. The fraction of sp³-hybridized carbons (Fsp3) is 0.316. The van der Waals surface area contributed by atoms with Crippen LogP contribution in [-0.4, -0.2) is 18.9 Å². The molecule has 0 bridgehead atoms. The summed E-state index contributed by atoms with van der Waals surface area (Å²) in [6, 6.07) is 16.3. The molecule has 2 aromatic rings. The Labute approximate surface area is 135 Å². The van der Waals surface area contributed by atoms with Crippen LogP contribution in [0.1, 0.15) is 24.8 Å². The van der Waals surface area contributed by atoms with Crippen LogP contribution in [0.2, 0.25) is 0 Å². The van der Waals surface area contributed by atoms with Crippen molar-refractivity contribution in [1.82, 2.24) is 0 Å². The lowest BCUT2D eigenvalue weighted by molar-refractivity contribution is 0.106. The molecule has 2 aromatic carbocycles. The average molecular weight is 313 g/mol. The van der Waals surface area contributed by atoms with E-state index in [0.717, 1.165) is 17.9 Å². The van der Waals surface area contributed by atoms with Crippen molar-refractivity contribution in [3.05, 3.63) is 66.0 Å². The molecule has 0 unspecified atom stereocenters. The molecule has 0 heterocycles. The third kappa shape index (κ3) is 4.31. The first-order chi connectivity index (χ1) is 11.2. The predicted octanol–water partition coefficient (Wildman–Crippen LogP) is 4.40. The standard InChI is InChI=1S/C19H20FNO2/c1-14(18-13-19(18)15-7-9-16(20)10-8-15)21-23-12-11-22-17-5-3-2-4-6-17/h2-10,18-19H,11-13H2,1H3/b21-14-/t18-,19-/m0/s1. The Kier molecular flexibility index (Phi) is 4.91. The number of hydrogen-bond donors (Lipinski definition) is 0. The number of rotatable bonds is 7. The van der Waals surface area contributed by atoms with Crippen molar-refractivity contribution >= 4 is 5.71 Å². The van der Waals surface area contributed by atoms with Crippen molar-refractivity contribution in [3.63, 3.8) is 0 Å². The molecule has 1 aliphatic carbocycles.